The molecule has 2 amide bonds. The molecule has 7 heteroatoms. The first-order valence-electron chi connectivity index (χ1n) is 7.94. The number of urea groups is 1. The van der Waals surface area contributed by atoms with Gasteiger partial charge in [0.25, 0.3) is 0 Å². The topological polar surface area (TPSA) is 91.5 Å². The standard InChI is InChI=1S/C18H22ClN5O/c1-12(2)11-21-18(25)24-16-5-3-4-15(10-16)23-17(20)22-14-8-6-13(19)7-9-14/h3-10,12H,11H2,1-2H3,(H3,20,22,23)(H2,21,24,25). The second kappa shape index (κ2) is 8.94. The van der Waals surface area contributed by atoms with Crippen molar-refractivity contribution in [3.05, 3.63) is 53.6 Å². The van der Waals surface area contributed by atoms with Crippen LogP contribution < -0.4 is 21.7 Å². The molecule has 6 nitrogen and oxygen atoms in total. The molecule has 0 unspecified atom stereocenters. The van der Waals surface area contributed by atoms with Gasteiger partial charge >= 0.3 is 6.03 Å². The molecule has 2 aromatic rings. The summed E-state index contributed by atoms with van der Waals surface area (Å²) in [7, 11) is 0. The third-order valence-electron chi connectivity index (χ3n) is 3.14. The molecular formula is C18H22ClN5O. The van der Waals surface area contributed by atoms with Gasteiger partial charge in [-0.15, -0.1) is 0 Å². The van der Waals surface area contributed by atoms with Crippen molar-refractivity contribution in [3.8, 4) is 0 Å². The second-order valence-corrected chi connectivity index (χ2v) is 6.34. The molecule has 0 atom stereocenters. The zero-order chi connectivity index (χ0) is 18.2. The van der Waals surface area contributed by atoms with Crippen molar-refractivity contribution in [3.63, 3.8) is 0 Å². The molecule has 132 valence electrons. The Bertz CT molecular complexity index is 743. The fourth-order valence-electron chi connectivity index (χ4n) is 1.98. The SMILES string of the molecule is CC(C)CNC(=O)Nc1cccc(NC(N)=Nc2ccc(Cl)cc2)c1. The summed E-state index contributed by atoms with van der Waals surface area (Å²) in [5, 5.41) is 9.21. The number of anilines is 2. The minimum atomic E-state index is -0.242. The first kappa shape index (κ1) is 18.6. The number of hydrogen-bond acceptors (Lipinski definition) is 2. The van der Waals surface area contributed by atoms with Gasteiger partial charge < -0.3 is 21.7 Å². The summed E-state index contributed by atoms with van der Waals surface area (Å²) in [5.74, 6) is 0.631. The fraction of sp³-hybridized carbons (Fsp3) is 0.222. The van der Waals surface area contributed by atoms with Gasteiger partial charge in [0, 0.05) is 22.9 Å². The number of benzene rings is 2. The number of nitrogens with two attached hydrogens (primary N) is 1. The molecule has 0 aliphatic carbocycles. The van der Waals surface area contributed by atoms with Crippen molar-refractivity contribution < 1.29 is 4.79 Å². The normalized spacial score (nSPS) is 11.3. The van der Waals surface area contributed by atoms with Crippen molar-refractivity contribution in [1.82, 2.24) is 5.32 Å². The molecule has 2 aromatic carbocycles. The Morgan fingerprint density at radius 2 is 1.76 bits per heavy atom. The van der Waals surface area contributed by atoms with E-state index >= 15 is 0 Å². The van der Waals surface area contributed by atoms with Crippen molar-refractivity contribution in [2.75, 3.05) is 17.2 Å². The molecule has 0 aliphatic rings. The number of guanidine groups is 1. The van der Waals surface area contributed by atoms with Crippen molar-refractivity contribution in [2.45, 2.75) is 13.8 Å². The van der Waals surface area contributed by atoms with Crippen LogP contribution in [0.15, 0.2) is 53.5 Å². The van der Waals surface area contributed by atoms with Crippen LogP contribution in [0.1, 0.15) is 13.8 Å². The molecule has 0 bridgehead atoms. The van der Waals surface area contributed by atoms with Crippen molar-refractivity contribution in [2.24, 2.45) is 16.6 Å². The zero-order valence-electron chi connectivity index (χ0n) is 14.2. The summed E-state index contributed by atoms with van der Waals surface area (Å²) in [5.41, 5.74) is 7.98. The molecule has 0 radical (unpaired) electrons. The first-order valence-corrected chi connectivity index (χ1v) is 8.32. The Kier molecular flexibility index (Phi) is 6.65. The average Bonchev–Trinajstić information content (AvgIpc) is 2.55. The second-order valence-electron chi connectivity index (χ2n) is 5.91. The number of hydrogen-bond donors (Lipinski definition) is 4. The van der Waals surface area contributed by atoms with Crippen LogP contribution >= 0.6 is 11.6 Å². The van der Waals surface area contributed by atoms with Crippen molar-refractivity contribution in [1.29, 1.82) is 0 Å². The molecule has 0 fully saturated rings. The van der Waals surface area contributed by atoms with Crippen LogP contribution in [0.4, 0.5) is 21.9 Å². The first-order chi connectivity index (χ1) is 11.9. The van der Waals surface area contributed by atoms with Crippen LogP contribution in [0.3, 0.4) is 0 Å². The molecule has 0 aliphatic heterocycles. The van der Waals surface area contributed by atoms with Gasteiger partial charge in [0.1, 0.15) is 0 Å². The summed E-state index contributed by atoms with van der Waals surface area (Å²) in [6.07, 6.45) is 0. The van der Waals surface area contributed by atoms with E-state index in [0.717, 1.165) is 5.69 Å². The Morgan fingerprint density at radius 1 is 1.12 bits per heavy atom. The van der Waals surface area contributed by atoms with E-state index in [9.17, 15) is 4.79 Å². The summed E-state index contributed by atoms with van der Waals surface area (Å²) in [6, 6.07) is 14.0. The monoisotopic (exact) mass is 359 g/mol. The van der Waals surface area contributed by atoms with Gasteiger partial charge in [-0.25, -0.2) is 9.79 Å². The van der Waals surface area contributed by atoms with E-state index in [2.05, 4.69) is 20.9 Å². The maximum atomic E-state index is 11.8. The Labute approximate surface area is 152 Å². The van der Waals surface area contributed by atoms with Gasteiger partial charge in [-0.1, -0.05) is 31.5 Å². The number of carbonyl (C=O) groups is 1. The molecule has 0 saturated carbocycles. The summed E-state index contributed by atoms with van der Waals surface area (Å²) >= 11 is 5.84. The van der Waals surface area contributed by atoms with E-state index in [1.165, 1.54) is 0 Å². The molecular weight excluding hydrogens is 338 g/mol. The predicted molar refractivity (Wildman–Crippen MR) is 105 cm³/mol. The lowest BCUT2D eigenvalue weighted by molar-refractivity contribution is 0.251. The van der Waals surface area contributed by atoms with E-state index in [-0.39, 0.29) is 12.0 Å². The lowest BCUT2D eigenvalue weighted by Gasteiger charge is -2.11. The van der Waals surface area contributed by atoms with Gasteiger partial charge in [-0.3, -0.25) is 0 Å². The van der Waals surface area contributed by atoms with E-state index < -0.39 is 0 Å². The van der Waals surface area contributed by atoms with E-state index in [1.807, 2.05) is 26.0 Å². The highest BCUT2D eigenvalue weighted by molar-refractivity contribution is 6.30. The number of nitrogens with zero attached hydrogens (tertiary/aromatic N) is 1. The van der Waals surface area contributed by atoms with E-state index in [0.29, 0.717) is 28.9 Å². The fourth-order valence-corrected chi connectivity index (χ4v) is 2.10. The zero-order valence-corrected chi connectivity index (χ0v) is 15.0. The van der Waals surface area contributed by atoms with Crippen LogP contribution in [0.2, 0.25) is 5.02 Å². The molecule has 0 heterocycles. The van der Waals surface area contributed by atoms with Crippen LogP contribution in [-0.4, -0.2) is 18.5 Å². The number of amides is 2. The molecule has 2 rings (SSSR count). The third-order valence-corrected chi connectivity index (χ3v) is 3.39. The minimum Gasteiger partial charge on any atom is -0.369 e. The van der Waals surface area contributed by atoms with Crippen molar-refractivity contribution >= 4 is 40.7 Å². The van der Waals surface area contributed by atoms with Gasteiger partial charge in [0.15, 0.2) is 5.96 Å². The van der Waals surface area contributed by atoms with Crippen LogP contribution in [0.25, 0.3) is 0 Å². The molecule has 0 spiro atoms. The summed E-state index contributed by atoms with van der Waals surface area (Å²) < 4.78 is 0. The third kappa shape index (κ3) is 6.73. The number of aliphatic imine (C=N–C) groups is 1. The lowest BCUT2D eigenvalue weighted by Crippen LogP contribution is -2.31. The number of carbonyl (C=O) groups excluding carboxylic acids is 1. The van der Waals surface area contributed by atoms with Gasteiger partial charge in [-0.05, 0) is 48.4 Å². The smallest absolute Gasteiger partial charge is 0.319 e. The van der Waals surface area contributed by atoms with Gasteiger partial charge in [-0.2, -0.15) is 0 Å². The molecule has 0 saturated heterocycles. The predicted octanol–water partition coefficient (Wildman–Crippen LogP) is 4.18. The lowest BCUT2D eigenvalue weighted by atomic mass is 10.2. The summed E-state index contributed by atoms with van der Waals surface area (Å²) in [6.45, 7) is 4.69. The maximum Gasteiger partial charge on any atom is 0.319 e. The van der Waals surface area contributed by atoms with Crippen LogP contribution in [-0.2, 0) is 0 Å². The highest BCUT2D eigenvalue weighted by Crippen LogP contribution is 2.18. The van der Waals surface area contributed by atoms with Gasteiger partial charge in [0.05, 0.1) is 5.69 Å². The van der Waals surface area contributed by atoms with Crippen LogP contribution in [0, 0.1) is 5.92 Å². The van der Waals surface area contributed by atoms with Gasteiger partial charge in [0.2, 0.25) is 0 Å². The summed E-state index contributed by atoms with van der Waals surface area (Å²) in [4.78, 5) is 16.1. The maximum absolute atomic E-state index is 11.8. The Balaban J connectivity index is 1.98. The number of halogens is 1. The van der Waals surface area contributed by atoms with E-state index in [1.54, 1.807) is 36.4 Å². The Morgan fingerprint density at radius 3 is 2.40 bits per heavy atom. The van der Waals surface area contributed by atoms with Crippen LogP contribution in [0.5, 0.6) is 0 Å². The largest absolute Gasteiger partial charge is 0.369 e. The average molecular weight is 360 g/mol. The number of nitrogens with one attached hydrogen (secondary N) is 3. The van der Waals surface area contributed by atoms with E-state index in [4.69, 9.17) is 17.3 Å². The number of rotatable bonds is 5. The molecule has 25 heavy (non-hydrogen) atoms. The highest BCUT2D eigenvalue weighted by atomic mass is 35.5. The molecule has 5 N–H and O–H groups in total. The highest BCUT2D eigenvalue weighted by Gasteiger charge is 2.04. The quantitative estimate of drug-likeness (QED) is 0.476. The Hall–Kier alpha value is -2.73. The molecule has 0 aromatic heterocycles. The minimum absolute atomic E-state index is 0.240.